The molecule has 1 aromatic heterocycles. The van der Waals surface area contributed by atoms with Crippen molar-refractivity contribution in [3.63, 3.8) is 0 Å². The molecule has 0 spiro atoms. The van der Waals surface area contributed by atoms with Crippen LogP contribution in [0, 0.1) is 0 Å². The van der Waals surface area contributed by atoms with Gasteiger partial charge in [0.25, 0.3) is 5.91 Å². The fourth-order valence-corrected chi connectivity index (χ4v) is 2.61. The van der Waals surface area contributed by atoms with Crippen molar-refractivity contribution in [1.82, 2.24) is 9.78 Å². The summed E-state index contributed by atoms with van der Waals surface area (Å²) >= 11 is 0. The highest BCUT2D eigenvalue weighted by atomic mass is 32.2. The highest BCUT2D eigenvalue weighted by Gasteiger charge is 2.11. The van der Waals surface area contributed by atoms with Crippen molar-refractivity contribution in [2.24, 2.45) is 5.14 Å². The Morgan fingerprint density at radius 1 is 1.04 bits per heavy atom. The number of nitrogens with one attached hydrogen (secondary N) is 1. The summed E-state index contributed by atoms with van der Waals surface area (Å²) in [5.74, 6) is -0.347. The van der Waals surface area contributed by atoms with E-state index >= 15 is 0 Å². The molecule has 1 heterocycles. The van der Waals surface area contributed by atoms with Gasteiger partial charge in [0, 0.05) is 11.9 Å². The molecule has 8 heteroatoms. The van der Waals surface area contributed by atoms with Crippen molar-refractivity contribution in [2.75, 3.05) is 5.32 Å². The van der Waals surface area contributed by atoms with Gasteiger partial charge in [0.05, 0.1) is 22.3 Å². The largest absolute Gasteiger partial charge is 0.322 e. The number of hydrogen-bond donors (Lipinski definition) is 2. The van der Waals surface area contributed by atoms with Gasteiger partial charge in [-0.15, -0.1) is 0 Å². The summed E-state index contributed by atoms with van der Waals surface area (Å²) in [6.45, 7) is 0. The van der Waals surface area contributed by atoms with Crippen molar-refractivity contribution in [3.05, 3.63) is 72.6 Å². The van der Waals surface area contributed by atoms with Crippen molar-refractivity contribution in [1.29, 1.82) is 0 Å². The fourth-order valence-electron chi connectivity index (χ4n) is 2.09. The lowest BCUT2D eigenvalue weighted by Crippen LogP contribution is -2.13. The number of nitrogens with zero attached hydrogens (tertiary/aromatic N) is 2. The first-order valence-corrected chi connectivity index (χ1v) is 8.52. The van der Waals surface area contributed by atoms with Gasteiger partial charge in [-0.2, -0.15) is 5.10 Å². The maximum Gasteiger partial charge on any atom is 0.258 e. The lowest BCUT2D eigenvalue weighted by molar-refractivity contribution is 0.102. The summed E-state index contributed by atoms with van der Waals surface area (Å²) in [6, 6.07) is 15.0. The van der Waals surface area contributed by atoms with E-state index in [-0.39, 0.29) is 10.8 Å². The highest BCUT2D eigenvalue weighted by Crippen LogP contribution is 2.14. The first kappa shape index (κ1) is 15.9. The maximum absolute atomic E-state index is 12.2. The van der Waals surface area contributed by atoms with E-state index in [1.807, 2.05) is 30.3 Å². The van der Waals surface area contributed by atoms with Crippen molar-refractivity contribution in [3.8, 4) is 5.69 Å². The van der Waals surface area contributed by atoms with Crippen LogP contribution in [-0.4, -0.2) is 24.1 Å². The van der Waals surface area contributed by atoms with Crippen molar-refractivity contribution < 1.29 is 13.2 Å². The van der Waals surface area contributed by atoms with Crippen LogP contribution in [0.1, 0.15) is 10.4 Å². The first-order valence-electron chi connectivity index (χ1n) is 6.98. The zero-order valence-electron chi connectivity index (χ0n) is 12.5. The smallest absolute Gasteiger partial charge is 0.258 e. The molecule has 7 nitrogen and oxygen atoms in total. The Labute approximate surface area is 138 Å². The minimum absolute atomic E-state index is 0.0163. The molecule has 0 radical (unpaired) electrons. The van der Waals surface area contributed by atoms with Gasteiger partial charge in [-0.25, -0.2) is 18.2 Å². The second-order valence-electron chi connectivity index (χ2n) is 5.03. The van der Waals surface area contributed by atoms with Crippen LogP contribution in [0.3, 0.4) is 0 Å². The SMILES string of the molecule is NS(=O)(=O)c1ccc(NC(=O)c2cnn(-c3ccccc3)c2)cc1. The lowest BCUT2D eigenvalue weighted by atomic mass is 10.3. The van der Waals surface area contributed by atoms with Crippen LogP contribution in [0.25, 0.3) is 5.69 Å². The molecule has 3 rings (SSSR count). The van der Waals surface area contributed by atoms with Crippen LogP contribution in [0.2, 0.25) is 0 Å². The summed E-state index contributed by atoms with van der Waals surface area (Å²) in [6.07, 6.45) is 3.07. The molecule has 0 saturated heterocycles. The quantitative estimate of drug-likeness (QED) is 0.753. The van der Waals surface area contributed by atoms with Gasteiger partial charge in [-0.3, -0.25) is 4.79 Å². The van der Waals surface area contributed by atoms with Gasteiger partial charge in [0.15, 0.2) is 0 Å². The summed E-state index contributed by atoms with van der Waals surface area (Å²) < 4.78 is 24.0. The predicted molar refractivity (Wildman–Crippen MR) is 89.3 cm³/mol. The average Bonchev–Trinajstić information content (AvgIpc) is 3.05. The van der Waals surface area contributed by atoms with E-state index in [0.29, 0.717) is 11.3 Å². The Hall–Kier alpha value is -2.97. The van der Waals surface area contributed by atoms with Crippen LogP contribution < -0.4 is 10.5 Å². The number of carbonyl (C=O) groups excluding carboxylic acids is 1. The van der Waals surface area contributed by atoms with Crippen molar-refractivity contribution >= 4 is 21.6 Å². The number of carbonyl (C=O) groups is 1. The van der Waals surface area contributed by atoms with Crippen LogP contribution >= 0.6 is 0 Å². The first-order chi connectivity index (χ1) is 11.4. The maximum atomic E-state index is 12.2. The Kier molecular flexibility index (Phi) is 4.15. The minimum atomic E-state index is -3.75. The molecule has 1 amide bonds. The lowest BCUT2D eigenvalue weighted by Gasteiger charge is -2.04. The molecular weight excluding hydrogens is 328 g/mol. The van der Waals surface area contributed by atoms with Gasteiger partial charge in [0.2, 0.25) is 10.0 Å². The number of hydrogen-bond acceptors (Lipinski definition) is 4. The highest BCUT2D eigenvalue weighted by molar-refractivity contribution is 7.89. The van der Waals surface area contributed by atoms with E-state index in [1.54, 1.807) is 10.9 Å². The van der Waals surface area contributed by atoms with E-state index in [2.05, 4.69) is 10.4 Å². The van der Waals surface area contributed by atoms with Crippen LogP contribution in [0.5, 0.6) is 0 Å². The number of sulfonamides is 1. The molecule has 0 saturated carbocycles. The van der Waals surface area contributed by atoms with Crippen LogP contribution in [-0.2, 0) is 10.0 Å². The third-order valence-corrected chi connectivity index (χ3v) is 4.24. The monoisotopic (exact) mass is 342 g/mol. The third kappa shape index (κ3) is 3.50. The van der Waals surface area contributed by atoms with E-state index in [0.717, 1.165) is 5.69 Å². The Balaban J connectivity index is 1.75. The number of para-hydroxylation sites is 1. The molecular formula is C16H14N4O3S. The number of aromatic nitrogens is 2. The Morgan fingerprint density at radius 2 is 1.71 bits per heavy atom. The van der Waals surface area contributed by atoms with Gasteiger partial charge >= 0.3 is 0 Å². The topological polar surface area (TPSA) is 107 Å². The summed E-state index contributed by atoms with van der Waals surface area (Å²) in [5.41, 5.74) is 1.68. The molecule has 3 N–H and O–H groups in total. The Bertz CT molecular complexity index is 964. The van der Waals surface area contributed by atoms with Gasteiger partial charge in [0.1, 0.15) is 0 Å². The third-order valence-electron chi connectivity index (χ3n) is 3.31. The molecule has 0 unspecified atom stereocenters. The summed E-state index contributed by atoms with van der Waals surface area (Å²) in [5, 5.41) is 11.9. The minimum Gasteiger partial charge on any atom is -0.322 e. The molecule has 2 aromatic carbocycles. The molecule has 3 aromatic rings. The number of primary sulfonamides is 1. The van der Waals surface area contributed by atoms with Crippen LogP contribution in [0.4, 0.5) is 5.69 Å². The second-order valence-corrected chi connectivity index (χ2v) is 6.59. The number of anilines is 1. The molecule has 0 aliphatic carbocycles. The fraction of sp³-hybridized carbons (Fsp3) is 0. The van der Waals surface area contributed by atoms with E-state index in [9.17, 15) is 13.2 Å². The number of nitrogens with two attached hydrogens (primary N) is 1. The molecule has 24 heavy (non-hydrogen) atoms. The average molecular weight is 342 g/mol. The van der Waals surface area contributed by atoms with E-state index in [4.69, 9.17) is 5.14 Å². The Morgan fingerprint density at radius 3 is 2.33 bits per heavy atom. The standard InChI is InChI=1S/C16H14N4O3S/c17-24(22,23)15-8-6-13(7-9-15)19-16(21)12-10-18-20(11-12)14-4-2-1-3-5-14/h1-11H,(H,19,21)(H2,17,22,23). The van der Waals surface area contributed by atoms with Gasteiger partial charge in [-0.1, -0.05) is 18.2 Å². The zero-order valence-corrected chi connectivity index (χ0v) is 13.3. The van der Waals surface area contributed by atoms with Gasteiger partial charge in [-0.05, 0) is 36.4 Å². The zero-order chi connectivity index (χ0) is 17.2. The van der Waals surface area contributed by atoms with Crippen molar-refractivity contribution in [2.45, 2.75) is 4.90 Å². The number of rotatable bonds is 4. The summed E-state index contributed by atoms with van der Waals surface area (Å²) in [7, 11) is -3.75. The molecule has 0 bridgehead atoms. The summed E-state index contributed by atoms with van der Waals surface area (Å²) in [4.78, 5) is 12.2. The molecule has 0 aliphatic rings. The van der Waals surface area contributed by atoms with Crippen LogP contribution in [0.15, 0.2) is 71.9 Å². The molecule has 0 aliphatic heterocycles. The second kappa shape index (κ2) is 6.26. The van der Waals surface area contributed by atoms with Gasteiger partial charge < -0.3 is 5.32 Å². The predicted octanol–water partition coefficient (Wildman–Crippen LogP) is 1.77. The number of amides is 1. The number of benzene rings is 2. The molecule has 0 atom stereocenters. The normalized spacial score (nSPS) is 11.2. The van der Waals surface area contributed by atoms with E-state index < -0.39 is 10.0 Å². The molecule has 0 fully saturated rings. The molecule has 122 valence electrons. The van der Waals surface area contributed by atoms with E-state index in [1.165, 1.54) is 30.5 Å².